The van der Waals surface area contributed by atoms with E-state index in [1.165, 1.54) is 29.2 Å². The van der Waals surface area contributed by atoms with Gasteiger partial charge in [-0.25, -0.2) is 9.38 Å². The van der Waals surface area contributed by atoms with Crippen molar-refractivity contribution in [3.05, 3.63) is 65.5 Å². The highest BCUT2D eigenvalue weighted by Gasteiger charge is 2.26. The molecule has 45 heavy (non-hydrogen) atoms. The molecule has 0 aromatic heterocycles. The maximum Gasteiger partial charge on any atom is 0.300 e. The van der Waals surface area contributed by atoms with Gasteiger partial charge in [0.2, 0.25) is 17.7 Å². The fraction of sp³-hybridized carbons (Fsp3) is 0.379. The number of guanidine groups is 2. The number of benzene rings is 2. The maximum atomic E-state index is 13.2. The lowest BCUT2D eigenvalue weighted by molar-refractivity contribution is -0.135. The molecule has 0 fully saturated rings. The first-order chi connectivity index (χ1) is 21.2. The van der Waals surface area contributed by atoms with Gasteiger partial charge in [-0.2, -0.15) is 0 Å². The molecule has 0 aliphatic rings. The summed E-state index contributed by atoms with van der Waals surface area (Å²) in [5.74, 6) is -3.15. The number of aliphatic imine (C=N–C) groups is 2. The minimum Gasteiger partial charge on any atom is -0.508 e. The monoisotopic (exact) mass is 631 g/mol. The molecule has 0 unspecified atom stereocenters. The average molecular weight is 632 g/mol. The highest BCUT2D eigenvalue weighted by atomic mass is 19.1. The first-order valence-corrected chi connectivity index (χ1v) is 13.9. The summed E-state index contributed by atoms with van der Waals surface area (Å²) in [6.45, 7) is 3.36. The van der Waals surface area contributed by atoms with Crippen LogP contribution < -0.4 is 33.6 Å². The van der Waals surface area contributed by atoms with E-state index in [2.05, 4.69) is 20.6 Å². The number of rotatable bonds is 15. The van der Waals surface area contributed by atoms with E-state index in [9.17, 15) is 23.9 Å². The molecule has 0 saturated heterocycles. The molecule has 12 N–H and O–H groups in total. The number of nitrogens with zero attached hydrogens (tertiary/aromatic N) is 3. The summed E-state index contributed by atoms with van der Waals surface area (Å²) in [6, 6.07) is 9.83. The Morgan fingerprint density at radius 1 is 0.933 bits per heavy atom. The van der Waals surface area contributed by atoms with Crippen LogP contribution in [0.5, 0.6) is 5.75 Å². The van der Waals surface area contributed by atoms with E-state index < -0.39 is 29.9 Å². The van der Waals surface area contributed by atoms with Crippen LogP contribution in [0.1, 0.15) is 37.8 Å². The molecule has 16 heteroatoms. The Morgan fingerprint density at radius 2 is 1.51 bits per heavy atom. The largest absolute Gasteiger partial charge is 0.508 e. The fourth-order valence-corrected chi connectivity index (χ4v) is 3.86. The number of amides is 3. The molecular weight excluding hydrogens is 589 g/mol. The summed E-state index contributed by atoms with van der Waals surface area (Å²) in [4.78, 5) is 57.6. The second kappa shape index (κ2) is 19.7. The summed E-state index contributed by atoms with van der Waals surface area (Å²) in [5.41, 5.74) is 23.2. The Bertz CT molecular complexity index is 1310. The summed E-state index contributed by atoms with van der Waals surface area (Å²) < 4.78 is 13.2. The van der Waals surface area contributed by atoms with E-state index in [1.54, 1.807) is 31.2 Å². The predicted molar refractivity (Wildman–Crippen MR) is 167 cm³/mol. The van der Waals surface area contributed by atoms with E-state index in [-0.39, 0.29) is 61.9 Å². The lowest BCUT2D eigenvalue weighted by Gasteiger charge is -2.23. The van der Waals surface area contributed by atoms with Crippen LogP contribution in [0.4, 0.5) is 4.39 Å². The van der Waals surface area contributed by atoms with E-state index in [0.717, 1.165) is 12.5 Å². The van der Waals surface area contributed by atoms with Crippen molar-refractivity contribution in [2.45, 2.75) is 51.7 Å². The van der Waals surface area contributed by atoms with Crippen molar-refractivity contribution in [2.24, 2.45) is 32.9 Å². The number of likely N-dealkylation sites (N-methyl/N-ethyl adjacent to an activating group) is 1. The van der Waals surface area contributed by atoms with Crippen molar-refractivity contribution in [3.63, 3.8) is 0 Å². The number of carboxylic acids is 1. The van der Waals surface area contributed by atoms with Crippen LogP contribution in [-0.2, 0) is 32.1 Å². The molecule has 3 amide bonds. The van der Waals surface area contributed by atoms with Gasteiger partial charge < -0.3 is 48.7 Å². The van der Waals surface area contributed by atoms with Crippen molar-refractivity contribution in [1.29, 1.82) is 0 Å². The number of nitrogens with two attached hydrogens (primary N) is 4. The van der Waals surface area contributed by atoms with Gasteiger partial charge >= 0.3 is 0 Å². The molecule has 0 radical (unpaired) electrons. The highest BCUT2D eigenvalue weighted by molar-refractivity contribution is 5.93. The van der Waals surface area contributed by atoms with E-state index in [4.69, 9.17) is 32.8 Å². The number of nitrogens with one attached hydrogen (secondary N) is 2. The topological polar surface area (TPSA) is 265 Å². The molecule has 0 heterocycles. The molecule has 2 aromatic rings. The van der Waals surface area contributed by atoms with E-state index in [1.807, 2.05) is 0 Å². The third kappa shape index (κ3) is 16.1. The minimum absolute atomic E-state index is 0.0583. The van der Waals surface area contributed by atoms with Crippen LogP contribution in [-0.4, -0.2) is 82.4 Å². The Labute approximate surface area is 260 Å². The minimum atomic E-state index is -1.06. The molecule has 15 nitrogen and oxygen atoms in total. The summed E-state index contributed by atoms with van der Waals surface area (Å²) in [7, 11) is 0. The molecule has 2 rings (SSSR count). The third-order valence-corrected chi connectivity index (χ3v) is 5.99. The van der Waals surface area contributed by atoms with Crippen LogP contribution in [0.3, 0.4) is 0 Å². The van der Waals surface area contributed by atoms with Crippen LogP contribution >= 0.6 is 0 Å². The van der Waals surface area contributed by atoms with Gasteiger partial charge in [0.15, 0.2) is 11.9 Å². The van der Waals surface area contributed by atoms with Gasteiger partial charge in [-0.3, -0.25) is 24.2 Å². The lowest BCUT2D eigenvalue weighted by atomic mass is 10.0. The number of phenolic OH excluding ortho intramolecular Hbond substituents is 1. The summed E-state index contributed by atoms with van der Waals surface area (Å²) in [5, 5.41) is 22.2. The van der Waals surface area contributed by atoms with E-state index >= 15 is 0 Å². The van der Waals surface area contributed by atoms with Gasteiger partial charge in [0.25, 0.3) is 5.97 Å². The average Bonchev–Trinajstić information content (AvgIpc) is 2.97. The zero-order chi connectivity index (χ0) is 33.9. The van der Waals surface area contributed by atoms with Gasteiger partial charge in [0, 0.05) is 33.0 Å². The molecular formula is C29H42FN9O6. The predicted octanol–water partition coefficient (Wildman–Crippen LogP) is -0.490. The molecule has 2 aromatic carbocycles. The number of carboxylic acid groups (broad SMARTS) is 1. The zero-order valence-electron chi connectivity index (χ0n) is 25.3. The van der Waals surface area contributed by atoms with Crippen molar-refractivity contribution < 1.29 is 33.8 Å². The zero-order valence-corrected chi connectivity index (χ0v) is 25.3. The van der Waals surface area contributed by atoms with Gasteiger partial charge in [0.05, 0.1) is 6.54 Å². The number of hydrogen-bond donors (Lipinski definition) is 8. The van der Waals surface area contributed by atoms with Gasteiger partial charge in [-0.05, 0) is 55.2 Å². The quantitative estimate of drug-likeness (QED) is 0.0710. The number of hydrogen-bond acceptors (Lipinski definition) is 7. The van der Waals surface area contributed by atoms with Gasteiger partial charge in [-0.15, -0.1) is 0 Å². The summed E-state index contributed by atoms with van der Waals surface area (Å²) >= 11 is 0. The Morgan fingerprint density at radius 3 is 2.04 bits per heavy atom. The molecule has 246 valence electrons. The molecule has 0 saturated carbocycles. The van der Waals surface area contributed by atoms with Crippen molar-refractivity contribution in [1.82, 2.24) is 15.5 Å². The fourth-order valence-electron chi connectivity index (χ4n) is 3.86. The first kappa shape index (κ1) is 37.6. The first-order valence-electron chi connectivity index (χ1n) is 13.9. The van der Waals surface area contributed by atoms with Crippen LogP contribution in [0.25, 0.3) is 0 Å². The number of phenols is 1. The smallest absolute Gasteiger partial charge is 0.300 e. The number of aromatic hydroxyl groups is 1. The van der Waals surface area contributed by atoms with Crippen LogP contribution in [0.2, 0.25) is 0 Å². The molecule has 0 aliphatic carbocycles. The maximum absolute atomic E-state index is 13.2. The molecule has 0 spiro atoms. The van der Waals surface area contributed by atoms with Crippen LogP contribution in [0, 0.1) is 5.82 Å². The standard InChI is InChI=1S/C27H38FN9O4.C2H4O2/c1-2-37(16-18-5-9-19(28)10-6-18)23(39)15-34-24(40)21(4-3-13-33-26(29)30)35-25(41)22(36-27(31)32)14-17-7-11-20(38)12-8-17;1-2(3)4/h5-12,21-22,38H,2-4,13-16H2,1H3,(H,34,40)(H,35,41)(H4,29,30,33)(H4,31,32,36);1H3,(H,3,4)/t21-,22+;/m1./s1. The SMILES string of the molecule is CC(=O)O.CCN(Cc1ccc(F)cc1)C(=O)CNC(=O)[C@@H](CCCN=C(N)N)NC(=O)[C@H](Cc1ccc(O)cc1)N=C(N)N. The van der Waals surface area contributed by atoms with Crippen molar-refractivity contribution in [2.75, 3.05) is 19.6 Å². The molecule has 0 bridgehead atoms. The van der Waals surface area contributed by atoms with Gasteiger partial charge in [-0.1, -0.05) is 24.3 Å². The lowest BCUT2D eigenvalue weighted by Crippen LogP contribution is -2.52. The Hall–Kier alpha value is -5.41. The second-order valence-electron chi connectivity index (χ2n) is 9.72. The van der Waals surface area contributed by atoms with Gasteiger partial charge in [0.1, 0.15) is 23.7 Å². The Balaban J connectivity index is 0.00000238. The second-order valence-corrected chi connectivity index (χ2v) is 9.72. The number of carbonyl (C=O) groups excluding carboxylic acids is 3. The Kier molecular flexibility index (Phi) is 16.5. The molecule has 2 atom stereocenters. The highest BCUT2D eigenvalue weighted by Crippen LogP contribution is 2.13. The summed E-state index contributed by atoms with van der Waals surface area (Å²) in [6.07, 6.45) is 0.601. The van der Waals surface area contributed by atoms with Crippen molar-refractivity contribution >= 4 is 35.6 Å². The molecule has 0 aliphatic heterocycles. The number of halogens is 1. The number of aliphatic carboxylic acids is 1. The third-order valence-electron chi connectivity index (χ3n) is 5.99. The normalized spacial score (nSPS) is 11.4. The van der Waals surface area contributed by atoms with Crippen molar-refractivity contribution in [3.8, 4) is 5.75 Å². The van der Waals surface area contributed by atoms with Crippen LogP contribution in [0.15, 0.2) is 58.5 Å². The van der Waals surface area contributed by atoms with E-state index in [0.29, 0.717) is 18.5 Å². The number of carbonyl (C=O) groups is 4.